The van der Waals surface area contributed by atoms with Crippen molar-refractivity contribution in [3.05, 3.63) is 71.0 Å². The molecule has 8 nitrogen and oxygen atoms in total. The van der Waals surface area contributed by atoms with E-state index in [1.54, 1.807) is 24.3 Å². The molecule has 178 valence electrons. The molecule has 4 rings (SSSR count). The minimum atomic E-state index is -0.350. The summed E-state index contributed by atoms with van der Waals surface area (Å²) in [5.41, 5.74) is 1.71. The van der Waals surface area contributed by atoms with Gasteiger partial charge in [-0.05, 0) is 43.3 Å². The van der Waals surface area contributed by atoms with E-state index in [2.05, 4.69) is 32.5 Å². The first-order valence-corrected chi connectivity index (χ1v) is 12.4. The second-order valence-electron chi connectivity index (χ2n) is 8.09. The van der Waals surface area contributed by atoms with Crippen LogP contribution in [0.15, 0.2) is 59.8 Å². The van der Waals surface area contributed by atoms with E-state index in [4.69, 9.17) is 11.6 Å². The Hall–Kier alpha value is -3.04. The van der Waals surface area contributed by atoms with Crippen LogP contribution < -0.4 is 10.2 Å². The smallest absolute Gasteiger partial charge is 0.251 e. The van der Waals surface area contributed by atoms with Gasteiger partial charge in [-0.15, -0.1) is 10.2 Å². The lowest BCUT2D eigenvalue weighted by Crippen LogP contribution is -2.49. The van der Waals surface area contributed by atoms with Crippen molar-refractivity contribution in [2.45, 2.75) is 18.1 Å². The lowest BCUT2D eigenvalue weighted by molar-refractivity contribution is -0.128. The maximum absolute atomic E-state index is 12.8. The van der Waals surface area contributed by atoms with Gasteiger partial charge in [-0.3, -0.25) is 9.59 Å². The van der Waals surface area contributed by atoms with Crippen LogP contribution in [-0.4, -0.2) is 63.4 Å². The number of rotatable bonds is 7. The van der Waals surface area contributed by atoms with Crippen molar-refractivity contribution in [2.24, 2.45) is 7.05 Å². The highest BCUT2D eigenvalue weighted by molar-refractivity contribution is 7.99. The van der Waals surface area contributed by atoms with Crippen LogP contribution in [0.3, 0.4) is 0 Å². The SMILES string of the molecule is C[C@H](NC(=O)c1ccc(Cl)cc1)c1nnc(SCC(=O)N2CCN(c3ccccc3)CC2)n1C. The molecule has 0 unspecified atom stereocenters. The van der Waals surface area contributed by atoms with Gasteiger partial charge in [0, 0.05) is 49.5 Å². The summed E-state index contributed by atoms with van der Waals surface area (Å²) in [4.78, 5) is 29.4. The van der Waals surface area contributed by atoms with E-state index in [0.29, 0.717) is 40.4 Å². The van der Waals surface area contributed by atoms with E-state index >= 15 is 0 Å². The fraction of sp³-hybridized carbons (Fsp3) is 0.333. The number of nitrogens with one attached hydrogen (secondary N) is 1. The summed E-state index contributed by atoms with van der Waals surface area (Å²) in [6.07, 6.45) is 0. The van der Waals surface area contributed by atoms with Crippen LogP contribution in [0.25, 0.3) is 0 Å². The minimum absolute atomic E-state index is 0.0892. The van der Waals surface area contributed by atoms with Gasteiger partial charge < -0.3 is 19.7 Å². The molecule has 2 amide bonds. The molecule has 3 aromatic rings. The van der Waals surface area contributed by atoms with E-state index in [9.17, 15) is 9.59 Å². The first-order chi connectivity index (χ1) is 16.4. The molecule has 0 bridgehead atoms. The fourth-order valence-electron chi connectivity index (χ4n) is 3.85. The van der Waals surface area contributed by atoms with Crippen LogP contribution in [0.5, 0.6) is 0 Å². The Kier molecular flexibility index (Phi) is 7.74. The summed E-state index contributed by atoms with van der Waals surface area (Å²) in [5.74, 6) is 0.786. The van der Waals surface area contributed by atoms with Crippen molar-refractivity contribution in [3.63, 3.8) is 0 Å². The first kappa shape index (κ1) is 24.1. The maximum Gasteiger partial charge on any atom is 0.251 e. The van der Waals surface area contributed by atoms with Crippen molar-refractivity contribution in [1.29, 1.82) is 0 Å². The van der Waals surface area contributed by atoms with Crippen molar-refractivity contribution in [2.75, 3.05) is 36.8 Å². The molecule has 1 aliphatic rings. The third kappa shape index (κ3) is 5.71. The van der Waals surface area contributed by atoms with Gasteiger partial charge in [0.05, 0.1) is 11.8 Å². The van der Waals surface area contributed by atoms with E-state index in [-0.39, 0.29) is 17.9 Å². The van der Waals surface area contributed by atoms with Gasteiger partial charge in [-0.25, -0.2) is 0 Å². The van der Waals surface area contributed by atoms with Crippen molar-refractivity contribution < 1.29 is 9.59 Å². The summed E-state index contributed by atoms with van der Waals surface area (Å²) < 4.78 is 1.82. The zero-order chi connectivity index (χ0) is 24.1. The molecular formula is C24H27ClN6O2S. The average Bonchev–Trinajstić information content (AvgIpc) is 3.23. The number of carbonyl (C=O) groups is 2. The van der Waals surface area contributed by atoms with Crippen LogP contribution in [-0.2, 0) is 11.8 Å². The first-order valence-electron chi connectivity index (χ1n) is 11.1. The minimum Gasteiger partial charge on any atom is -0.368 e. The van der Waals surface area contributed by atoms with Gasteiger partial charge >= 0.3 is 0 Å². The van der Waals surface area contributed by atoms with E-state index in [0.717, 1.165) is 13.1 Å². The van der Waals surface area contributed by atoms with Crippen LogP contribution >= 0.6 is 23.4 Å². The molecule has 0 saturated carbocycles. The number of benzene rings is 2. The van der Waals surface area contributed by atoms with Gasteiger partial charge in [0.2, 0.25) is 5.91 Å². The molecule has 1 aliphatic heterocycles. The average molecular weight is 499 g/mol. The second-order valence-corrected chi connectivity index (χ2v) is 9.47. The summed E-state index contributed by atoms with van der Waals surface area (Å²) in [5, 5.41) is 12.6. The molecule has 1 atom stereocenters. The standard InChI is InChI=1S/C24H27ClN6O2S/c1-17(26-23(33)18-8-10-19(25)11-9-18)22-27-28-24(29(22)2)34-16-21(32)31-14-12-30(13-15-31)20-6-4-3-5-7-20/h3-11,17H,12-16H2,1-2H3,(H,26,33)/t17-/m0/s1. The quantitative estimate of drug-likeness (QED) is 0.503. The molecule has 0 spiro atoms. The number of para-hydroxylation sites is 1. The Morgan fingerprint density at radius 3 is 2.38 bits per heavy atom. The lowest BCUT2D eigenvalue weighted by Gasteiger charge is -2.36. The third-order valence-electron chi connectivity index (χ3n) is 5.79. The van der Waals surface area contributed by atoms with Gasteiger partial charge in [0.25, 0.3) is 5.91 Å². The predicted octanol–water partition coefficient (Wildman–Crippen LogP) is 3.40. The molecule has 1 N–H and O–H groups in total. The zero-order valence-electron chi connectivity index (χ0n) is 19.1. The Morgan fingerprint density at radius 1 is 1.03 bits per heavy atom. The van der Waals surface area contributed by atoms with Crippen LogP contribution in [0, 0.1) is 0 Å². The number of thioether (sulfide) groups is 1. The van der Waals surface area contributed by atoms with E-state index in [1.165, 1.54) is 17.4 Å². The topological polar surface area (TPSA) is 83.4 Å². The number of carbonyl (C=O) groups excluding carboxylic acids is 2. The van der Waals surface area contributed by atoms with Crippen molar-refractivity contribution in [3.8, 4) is 0 Å². The van der Waals surface area contributed by atoms with E-state index in [1.807, 2.05) is 41.6 Å². The summed E-state index contributed by atoms with van der Waals surface area (Å²) >= 11 is 7.25. The monoisotopic (exact) mass is 498 g/mol. The molecule has 1 aromatic heterocycles. The highest BCUT2D eigenvalue weighted by Crippen LogP contribution is 2.21. The highest BCUT2D eigenvalue weighted by atomic mass is 35.5. The van der Waals surface area contributed by atoms with Crippen LogP contribution in [0.2, 0.25) is 5.02 Å². The van der Waals surface area contributed by atoms with Gasteiger partial charge in [0.15, 0.2) is 11.0 Å². The Balaban J connectivity index is 1.28. The second kappa shape index (κ2) is 10.9. The highest BCUT2D eigenvalue weighted by Gasteiger charge is 2.23. The Morgan fingerprint density at radius 2 is 1.71 bits per heavy atom. The molecular weight excluding hydrogens is 472 g/mol. The number of hydrogen-bond donors (Lipinski definition) is 1. The molecule has 0 aliphatic carbocycles. The summed E-state index contributed by atoms with van der Waals surface area (Å²) in [6, 6.07) is 16.6. The molecule has 2 aromatic carbocycles. The predicted molar refractivity (Wildman–Crippen MR) is 134 cm³/mol. The number of piperazine rings is 1. The largest absolute Gasteiger partial charge is 0.368 e. The summed E-state index contributed by atoms with van der Waals surface area (Å²) in [7, 11) is 1.84. The number of amides is 2. The van der Waals surface area contributed by atoms with Gasteiger partial charge in [-0.2, -0.15) is 0 Å². The number of nitrogens with zero attached hydrogens (tertiary/aromatic N) is 5. The number of anilines is 1. The molecule has 34 heavy (non-hydrogen) atoms. The lowest BCUT2D eigenvalue weighted by atomic mass is 10.2. The molecule has 0 radical (unpaired) electrons. The van der Waals surface area contributed by atoms with Crippen molar-refractivity contribution >= 4 is 40.9 Å². The molecule has 2 heterocycles. The van der Waals surface area contributed by atoms with Crippen LogP contribution in [0.1, 0.15) is 29.1 Å². The fourth-order valence-corrected chi connectivity index (χ4v) is 4.79. The number of hydrogen-bond acceptors (Lipinski definition) is 6. The molecule has 10 heteroatoms. The Labute approximate surface area is 208 Å². The van der Waals surface area contributed by atoms with Crippen LogP contribution in [0.4, 0.5) is 5.69 Å². The normalized spacial score (nSPS) is 14.7. The molecule has 1 saturated heterocycles. The zero-order valence-corrected chi connectivity index (χ0v) is 20.7. The molecule has 1 fully saturated rings. The van der Waals surface area contributed by atoms with Gasteiger partial charge in [-0.1, -0.05) is 41.6 Å². The number of aromatic nitrogens is 3. The maximum atomic E-state index is 12.8. The van der Waals surface area contributed by atoms with Crippen molar-refractivity contribution in [1.82, 2.24) is 25.0 Å². The Bertz CT molecular complexity index is 1130. The number of halogens is 1. The van der Waals surface area contributed by atoms with Gasteiger partial charge in [0.1, 0.15) is 0 Å². The third-order valence-corrected chi connectivity index (χ3v) is 7.05. The van der Waals surface area contributed by atoms with E-state index < -0.39 is 0 Å². The summed E-state index contributed by atoms with van der Waals surface area (Å²) in [6.45, 7) is 4.89.